The van der Waals surface area contributed by atoms with Gasteiger partial charge in [-0.25, -0.2) is 8.78 Å². The molecule has 3 nitrogen and oxygen atoms in total. The smallest absolute Gasteiger partial charge is 0.257 e. The van der Waals surface area contributed by atoms with E-state index in [2.05, 4.69) is 5.32 Å². The van der Waals surface area contributed by atoms with Crippen LogP contribution in [0.4, 0.5) is 8.78 Å². The Morgan fingerprint density at radius 1 is 1.50 bits per heavy atom. The molecule has 0 saturated heterocycles. The number of likely N-dealkylation sites (N-methyl/N-ethyl adjacent to an activating group) is 1. The van der Waals surface area contributed by atoms with Crippen molar-refractivity contribution in [2.24, 2.45) is 0 Å². The van der Waals surface area contributed by atoms with E-state index >= 15 is 0 Å². The lowest BCUT2D eigenvalue weighted by Crippen LogP contribution is -2.25. The predicted molar refractivity (Wildman–Crippen MR) is 45.9 cm³/mol. The Balaban J connectivity index is 2.63. The minimum atomic E-state index is -0.825. The van der Waals surface area contributed by atoms with Gasteiger partial charge in [-0.05, 0) is 12.1 Å². The van der Waals surface area contributed by atoms with E-state index in [1.165, 1.54) is 7.05 Å². The normalized spacial score (nSPS) is 9.64. The van der Waals surface area contributed by atoms with Gasteiger partial charge in [-0.3, -0.25) is 4.79 Å². The van der Waals surface area contributed by atoms with E-state index in [0.717, 1.165) is 12.1 Å². The fourth-order valence-corrected chi connectivity index (χ4v) is 0.808. The predicted octanol–water partition coefficient (Wildman–Crippen LogP) is 1.09. The molecule has 5 heteroatoms. The lowest BCUT2D eigenvalue weighted by molar-refractivity contribution is -0.122. The number of ether oxygens (including phenoxy) is 1. The molecular formula is C9H9F2NO2. The second-order valence-corrected chi connectivity index (χ2v) is 2.54. The van der Waals surface area contributed by atoms with Crippen molar-refractivity contribution < 1.29 is 18.3 Å². The second-order valence-electron chi connectivity index (χ2n) is 2.54. The van der Waals surface area contributed by atoms with Crippen molar-refractivity contribution in [3.63, 3.8) is 0 Å². The van der Waals surface area contributed by atoms with Crippen molar-refractivity contribution in [2.45, 2.75) is 0 Å². The zero-order valence-corrected chi connectivity index (χ0v) is 7.51. The molecule has 1 aromatic rings. The van der Waals surface area contributed by atoms with Gasteiger partial charge in [-0.1, -0.05) is 0 Å². The van der Waals surface area contributed by atoms with Crippen LogP contribution in [0.2, 0.25) is 0 Å². The summed E-state index contributed by atoms with van der Waals surface area (Å²) in [4.78, 5) is 10.7. The monoisotopic (exact) mass is 201 g/mol. The van der Waals surface area contributed by atoms with Gasteiger partial charge in [0.15, 0.2) is 18.2 Å². The Bertz CT molecular complexity index is 342. The third kappa shape index (κ3) is 2.69. The first-order valence-electron chi connectivity index (χ1n) is 3.92. The highest BCUT2D eigenvalue weighted by Crippen LogP contribution is 2.17. The van der Waals surface area contributed by atoms with Gasteiger partial charge < -0.3 is 10.1 Å². The molecule has 1 aromatic carbocycles. The Hall–Kier alpha value is -1.65. The topological polar surface area (TPSA) is 38.3 Å². The summed E-state index contributed by atoms with van der Waals surface area (Å²) in [5, 5.41) is 2.31. The van der Waals surface area contributed by atoms with Crippen LogP contribution >= 0.6 is 0 Å². The number of halogens is 2. The highest BCUT2D eigenvalue weighted by Gasteiger charge is 2.06. The van der Waals surface area contributed by atoms with Gasteiger partial charge in [0.2, 0.25) is 0 Å². The van der Waals surface area contributed by atoms with Crippen molar-refractivity contribution in [2.75, 3.05) is 13.7 Å². The lowest BCUT2D eigenvalue weighted by Gasteiger charge is -2.05. The molecule has 1 amide bonds. The maximum Gasteiger partial charge on any atom is 0.257 e. The van der Waals surface area contributed by atoms with Gasteiger partial charge >= 0.3 is 0 Å². The van der Waals surface area contributed by atoms with Crippen LogP contribution in [-0.4, -0.2) is 19.6 Å². The summed E-state index contributed by atoms with van der Waals surface area (Å²) in [6.45, 7) is -0.293. The molecule has 14 heavy (non-hydrogen) atoms. The zero-order chi connectivity index (χ0) is 10.6. The summed E-state index contributed by atoms with van der Waals surface area (Å²) >= 11 is 0. The van der Waals surface area contributed by atoms with Gasteiger partial charge in [-0.15, -0.1) is 0 Å². The fraction of sp³-hybridized carbons (Fsp3) is 0.222. The Labute approximate surface area is 79.7 Å². The summed E-state index contributed by atoms with van der Waals surface area (Å²) in [5.74, 6) is -2.03. The molecule has 0 spiro atoms. The average molecular weight is 201 g/mol. The number of amides is 1. The van der Waals surface area contributed by atoms with Crippen LogP contribution in [-0.2, 0) is 4.79 Å². The largest absolute Gasteiger partial charge is 0.481 e. The molecule has 1 rings (SSSR count). The van der Waals surface area contributed by atoms with Crippen molar-refractivity contribution in [3.8, 4) is 5.75 Å². The van der Waals surface area contributed by atoms with Crippen LogP contribution in [0.3, 0.4) is 0 Å². The molecule has 0 radical (unpaired) electrons. The van der Waals surface area contributed by atoms with Crippen LogP contribution in [0.5, 0.6) is 5.75 Å². The Kier molecular flexibility index (Phi) is 3.39. The number of rotatable bonds is 3. The van der Waals surface area contributed by atoms with E-state index in [0.29, 0.717) is 6.07 Å². The Morgan fingerprint density at radius 3 is 2.79 bits per heavy atom. The van der Waals surface area contributed by atoms with Crippen LogP contribution in [0.1, 0.15) is 0 Å². The summed E-state index contributed by atoms with van der Waals surface area (Å²) in [6, 6.07) is 2.88. The number of hydrogen-bond acceptors (Lipinski definition) is 2. The van der Waals surface area contributed by atoms with Crippen molar-refractivity contribution in [1.29, 1.82) is 0 Å². The van der Waals surface area contributed by atoms with Crippen LogP contribution in [0.15, 0.2) is 18.2 Å². The fourth-order valence-electron chi connectivity index (χ4n) is 0.808. The van der Waals surface area contributed by atoms with E-state index < -0.39 is 11.6 Å². The molecule has 0 bridgehead atoms. The van der Waals surface area contributed by atoms with E-state index in [9.17, 15) is 13.6 Å². The number of benzene rings is 1. The Morgan fingerprint density at radius 2 is 2.21 bits per heavy atom. The first-order valence-corrected chi connectivity index (χ1v) is 3.92. The molecule has 0 aromatic heterocycles. The maximum atomic E-state index is 12.9. The van der Waals surface area contributed by atoms with E-state index in [4.69, 9.17) is 4.74 Å². The van der Waals surface area contributed by atoms with Gasteiger partial charge in [0.25, 0.3) is 5.91 Å². The molecule has 76 valence electrons. The van der Waals surface area contributed by atoms with Crippen LogP contribution in [0, 0.1) is 11.6 Å². The molecule has 1 N–H and O–H groups in total. The highest BCUT2D eigenvalue weighted by molar-refractivity contribution is 5.77. The average Bonchev–Trinajstić information content (AvgIpc) is 2.16. The zero-order valence-electron chi connectivity index (χ0n) is 7.51. The number of carbonyl (C=O) groups is 1. The SMILES string of the molecule is CNC(=O)COc1ccc(F)cc1F. The number of carbonyl (C=O) groups excluding carboxylic acids is 1. The summed E-state index contributed by atoms with van der Waals surface area (Å²) in [6.07, 6.45) is 0. The van der Waals surface area contributed by atoms with Gasteiger partial charge in [-0.2, -0.15) is 0 Å². The molecule has 0 fully saturated rings. The summed E-state index contributed by atoms with van der Waals surface area (Å²) < 4.78 is 30.1. The van der Waals surface area contributed by atoms with Crippen LogP contribution < -0.4 is 10.1 Å². The highest BCUT2D eigenvalue weighted by atomic mass is 19.1. The van der Waals surface area contributed by atoms with Gasteiger partial charge in [0.05, 0.1) is 0 Å². The lowest BCUT2D eigenvalue weighted by atomic mass is 10.3. The quantitative estimate of drug-likeness (QED) is 0.794. The second kappa shape index (κ2) is 4.55. The molecule has 0 aliphatic carbocycles. The minimum absolute atomic E-state index is 0.144. The van der Waals surface area contributed by atoms with E-state index in [1.807, 2.05) is 0 Å². The third-order valence-corrected chi connectivity index (χ3v) is 1.53. The van der Waals surface area contributed by atoms with Crippen molar-refractivity contribution >= 4 is 5.91 Å². The number of hydrogen-bond donors (Lipinski definition) is 1. The molecular weight excluding hydrogens is 192 g/mol. The first-order chi connectivity index (χ1) is 6.63. The number of nitrogens with one attached hydrogen (secondary N) is 1. The maximum absolute atomic E-state index is 12.9. The summed E-state index contributed by atoms with van der Waals surface area (Å²) in [5.41, 5.74) is 0. The molecule has 0 saturated carbocycles. The van der Waals surface area contributed by atoms with Gasteiger partial charge in [0.1, 0.15) is 5.82 Å². The van der Waals surface area contributed by atoms with Crippen molar-refractivity contribution in [3.05, 3.63) is 29.8 Å². The molecule has 0 unspecified atom stereocenters. The first kappa shape index (κ1) is 10.4. The standard InChI is InChI=1S/C9H9F2NO2/c1-12-9(13)5-14-8-3-2-6(10)4-7(8)11/h2-4H,5H2,1H3,(H,12,13). The minimum Gasteiger partial charge on any atom is -0.481 e. The molecule has 0 atom stereocenters. The summed E-state index contributed by atoms with van der Waals surface area (Å²) in [7, 11) is 1.44. The van der Waals surface area contributed by atoms with E-state index in [-0.39, 0.29) is 18.3 Å². The third-order valence-electron chi connectivity index (χ3n) is 1.53. The molecule has 0 heterocycles. The van der Waals surface area contributed by atoms with E-state index in [1.54, 1.807) is 0 Å². The van der Waals surface area contributed by atoms with Crippen molar-refractivity contribution in [1.82, 2.24) is 5.32 Å². The molecule has 0 aliphatic rings. The van der Waals surface area contributed by atoms with Gasteiger partial charge in [0, 0.05) is 13.1 Å². The molecule has 0 aliphatic heterocycles. The van der Waals surface area contributed by atoms with Crippen LogP contribution in [0.25, 0.3) is 0 Å².